The molecule has 0 aliphatic heterocycles. The largest absolute Gasteiger partial charge is 0.355 e. The van der Waals surface area contributed by atoms with Gasteiger partial charge in [0.25, 0.3) is 0 Å². The van der Waals surface area contributed by atoms with Gasteiger partial charge in [-0.2, -0.15) is 0 Å². The maximum Gasteiger partial charge on any atom is 0.242 e. The highest BCUT2D eigenvalue weighted by Crippen LogP contribution is 2.13. The lowest BCUT2D eigenvalue weighted by atomic mass is 10.1. The van der Waals surface area contributed by atoms with Gasteiger partial charge in [0.1, 0.15) is 11.9 Å². The Morgan fingerprint density at radius 3 is 2.31 bits per heavy atom. The van der Waals surface area contributed by atoms with Crippen molar-refractivity contribution in [3.8, 4) is 0 Å². The predicted octanol–water partition coefficient (Wildman–Crippen LogP) is 3.31. The number of rotatable bonds is 8. The van der Waals surface area contributed by atoms with Crippen LogP contribution in [0, 0.1) is 5.82 Å². The van der Waals surface area contributed by atoms with Crippen LogP contribution in [0.1, 0.15) is 31.4 Å². The van der Waals surface area contributed by atoms with Gasteiger partial charge in [-0.1, -0.05) is 42.5 Å². The lowest BCUT2D eigenvalue weighted by Gasteiger charge is -2.28. The minimum Gasteiger partial charge on any atom is -0.355 e. The molecule has 0 radical (unpaired) electrons. The van der Waals surface area contributed by atoms with E-state index in [9.17, 15) is 14.0 Å². The van der Waals surface area contributed by atoms with E-state index in [1.54, 1.807) is 24.0 Å². The second kappa shape index (κ2) is 9.70. The zero-order valence-corrected chi connectivity index (χ0v) is 15.2. The standard InChI is InChI=1S/C21H25FN2O2/c1-3-23-21(26)16(2)24(15-18-9-12-19(22)13-10-18)20(25)14-11-17-7-5-4-6-8-17/h4-10,12-13,16H,3,11,14-15H2,1-2H3,(H,23,26)/t16-/m1/s1. The van der Waals surface area contributed by atoms with Crippen LogP contribution in [0.4, 0.5) is 4.39 Å². The fourth-order valence-electron chi connectivity index (χ4n) is 2.73. The average molecular weight is 356 g/mol. The Labute approximate surface area is 154 Å². The Bertz CT molecular complexity index is 717. The van der Waals surface area contributed by atoms with E-state index in [-0.39, 0.29) is 24.2 Å². The fraction of sp³-hybridized carbons (Fsp3) is 0.333. The molecule has 0 aromatic heterocycles. The predicted molar refractivity (Wildman–Crippen MR) is 99.9 cm³/mol. The molecule has 2 aromatic rings. The molecule has 26 heavy (non-hydrogen) atoms. The summed E-state index contributed by atoms with van der Waals surface area (Å²) in [6, 6.07) is 15.2. The van der Waals surface area contributed by atoms with E-state index in [2.05, 4.69) is 5.32 Å². The molecule has 0 fully saturated rings. The summed E-state index contributed by atoms with van der Waals surface area (Å²) in [7, 11) is 0. The van der Waals surface area contributed by atoms with Gasteiger partial charge in [-0.3, -0.25) is 9.59 Å². The Hall–Kier alpha value is -2.69. The van der Waals surface area contributed by atoms with Crippen LogP contribution in [0.2, 0.25) is 0 Å². The summed E-state index contributed by atoms with van der Waals surface area (Å²) in [5.74, 6) is -0.618. The van der Waals surface area contributed by atoms with Crippen molar-refractivity contribution in [3.05, 3.63) is 71.5 Å². The number of hydrogen-bond donors (Lipinski definition) is 1. The van der Waals surface area contributed by atoms with Crippen molar-refractivity contribution in [1.82, 2.24) is 10.2 Å². The van der Waals surface area contributed by atoms with E-state index in [1.165, 1.54) is 12.1 Å². The van der Waals surface area contributed by atoms with Gasteiger partial charge in [0.05, 0.1) is 0 Å². The Morgan fingerprint density at radius 2 is 1.69 bits per heavy atom. The first-order chi connectivity index (χ1) is 12.5. The van der Waals surface area contributed by atoms with Gasteiger partial charge in [-0.25, -0.2) is 4.39 Å². The SMILES string of the molecule is CCNC(=O)[C@@H](C)N(Cc1ccc(F)cc1)C(=O)CCc1ccccc1. The van der Waals surface area contributed by atoms with Crippen LogP contribution in [0.3, 0.4) is 0 Å². The number of halogens is 1. The number of carbonyl (C=O) groups excluding carboxylic acids is 2. The molecule has 0 saturated carbocycles. The molecule has 4 nitrogen and oxygen atoms in total. The molecule has 1 N–H and O–H groups in total. The van der Waals surface area contributed by atoms with Gasteiger partial charge in [-0.05, 0) is 43.5 Å². The maximum absolute atomic E-state index is 13.1. The van der Waals surface area contributed by atoms with Gasteiger partial charge < -0.3 is 10.2 Å². The molecular weight excluding hydrogens is 331 g/mol. The molecule has 0 heterocycles. The average Bonchev–Trinajstić information content (AvgIpc) is 2.66. The number of likely N-dealkylation sites (N-methyl/N-ethyl adjacent to an activating group) is 1. The van der Waals surface area contributed by atoms with E-state index in [0.29, 0.717) is 19.4 Å². The third-order valence-corrected chi connectivity index (χ3v) is 4.25. The van der Waals surface area contributed by atoms with Crippen molar-refractivity contribution in [2.24, 2.45) is 0 Å². The van der Waals surface area contributed by atoms with Gasteiger partial charge >= 0.3 is 0 Å². The first kappa shape index (κ1) is 19.6. The summed E-state index contributed by atoms with van der Waals surface area (Å²) >= 11 is 0. The van der Waals surface area contributed by atoms with Crippen LogP contribution in [-0.2, 0) is 22.6 Å². The summed E-state index contributed by atoms with van der Waals surface area (Å²) in [4.78, 5) is 26.6. The van der Waals surface area contributed by atoms with Crippen molar-refractivity contribution in [2.45, 2.75) is 39.3 Å². The topological polar surface area (TPSA) is 49.4 Å². The van der Waals surface area contributed by atoms with Crippen LogP contribution in [0.5, 0.6) is 0 Å². The molecule has 0 bridgehead atoms. The Morgan fingerprint density at radius 1 is 1.04 bits per heavy atom. The van der Waals surface area contributed by atoms with Gasteiger partial charge in [0, 0.05) is 19.5 Å². The number of nitrogens with one attached hydrogen (secondary N) is 1. The summed E-state index contributed by atoms with van der Waals surface area (Å²) in [6.07, 6.45) is 0.927. The highest BCUT2D eigenvalue weighted by molar-refractivity contribution is 5.87. The highest BCUT2D eigenvalue weighted by atomic mass is 19.1. The third kappa shape index (κ3) is 5.69. The number of benzene rings is 2. The monoisotopic (exact) mass is 356 g/mol. The summed E-state index contributed by atoms with van der Waals surface area (Å²) in [6.45, 7) is 4.33. The number of carbonyl (C=O) groups is 2. The first-order valence-electron chi connectivity index (χ1n) is 8.86. The molecule has 5 heteroatoms. The summed E-state index contributed by atoms with van der Waals surface area (Å²) < 4.78 is 13.1. The highest BCUT2D eigenvalue weighted by Gasteiger charge is 2.25. The molecule has 0 unspecified atom stereocenters. The molecule has 0 saturated heterocycles. The third-order valence-electron chi connectivity index (χ3n) is 4.25. The second-order valence-electron chi connectivity index (χ2n) is 6.20. The minimum absolute atomic E-state index is 0.100. The number of aryl methyl sites for hydroxylation is 1. The van der Waals surface area contributed by atoms with Crippen molar-refractivity contribution in [2.75, 3.05) is 6.54 Å². The lowest BCUT2D eigenvalue weighted by molar-refractivity contribution is -0.140. The van der Waals surface area contributed by atoms with E-state index in [1.807, 2.05) is 37.3 Å². The maximum atomic E-state index is 13.1. The molecular formula is C21H25FN2O2. The minimum atomic E-state index is -0.594. The zero-order valence-electron chi connectivity index (χ0n) is 15.2. The fourth-order valence-corrected chi connectivity index (χ4v) is 2.73. The van der Waals surface area contributed by atoms with Crippen LogP contribution in [0.15, 0.2) is 54.6 Å². The molecule has 2 amide bonds. The van der Waals surface area contributed by atoms with E-state index in [4.69, 9.17) is 0 Å². The van der Waals surface area contributed by atoms with Crippen molar-refractivity contribution < 1.29 is 14.0 Å². The Balaban J connectivity index is 2.11. The number of amides is 2. The lowest BCUT2D eigenvalue weighted by Crippen LogP contribution is -2.47. The van der Waals surface area contributed by atoms with Crippen LogP contribution >= 0.6 is 0 Å². The smallest absolute Gasteiger partial charge is 0.242 e. The molecule has 0 spiro atoms. The number of hydrogen-bond acceptors (Lipinski definition) is 2. The molecule has 2 rings (SSSR count). The Kier molecular flexibility index (Phi) is 7.33. The second-order valence-corrected chi connectivity index (χ2v) is 6.20. The zero-order chi connectivity index (χ0) is 18.9. The molecule has 0 aliphatic carbocycles. The molecule has 0 aliphatic rings. The quantitative estimate of drug-likeness (QED) is 0.789. The van der Waals surface area contributed by atoms with Crippen LogP contribution in [-0.4, -0.2) is 29.3 Å². The van der Waals surface area contributed by atoms with E-state index < -0.39 is 6.04 Å². The summed E-state index contributed by atoms with van der Waals surface area (Å²) in [5, 5.41) is 2.76. The van der Waals surface area contributed by atoms with Crippen LogP contribution < -0.4 is 5.32 Å². The molecule has 1 atom stereocenters. The van der Waals surface area contributed by atoms with Gasteiger partial charge in [0.2, 0.25) is 11.8 Å². The van der Waals surface area contributed by atoms with Crippen molar-refractivity contribution >= 4 is 11.8 Å². The van der Waals surface area contributed by atoms with Gasteiger partial charge in [-0.15, -0.1) is 0 Å². The first-order valence-corrected chi connectivity index (χ1v) is 8.86. The normalized spacial score (nSPS) is 11.7. The summed E-state index contributed by atoms with van der Waals surface area (Å²) in [5.41, 5.74) is 1.86. The van der Waals surface area contributed by atoms with Crippen molar-refractivity contribution in [3.63, 3.8) is 0 Å². The van der Waals surface area contributed by atoms with Crippen molar-refractivity contribution in [1.29, 1.82) is 0 Å². The van der Waals surface area contributed by atoms with Crippen LogP contribution in [0.25, 0.3) is 0 Å². The number of nitrogens with zero attached hydrogens (tertiary/aromatic N) is 1. The molecule has 138 valence electrons. The molecule has 2 aromatic carbocycles. The van der Waals surface area contributed by atoms with Gasteiger partial charge in [0.15, 0.2) is 0 Å². The van der Waals surface area contributed by atoms with E-state index in [0.717, 1.165) is 11.1 Å². The van der Waals surface area contributed by atoms with E-state index >= 15 is 0 Å².